The van der Waals surface area contributed by atoms with Crippen molar-refractivity contribution >= 4 is 5.91 Å². The Morgan fingerprint density at radius 1 is 1.38 bits per heavy atom. The third kappa shape index (κ3) is 4.27. The summed E-state index contributed by atoms with van der Waals surface area (Å²) < 4.78 is 13.2. The summed E-state index contributed by atoms with van der Waals surface area (Å²) in [5.74, 6) is 0.756. The fraction of sp³-hybridized carbons (Fsp3) is 0.588. The molecule has 0 aliphatic heterocycles. The molecular weight excluding hydrogens is 267 g/mol. The van der Waals surface area contributed by atoms with E-state index in [0.717, 1.165) is 24.8 Å². The highest BCUT2D eigenvalue weighted by molar-refractivity contribution is 5.81. The fourth-order valence-corrected chi connectivity index (χ4v) is 2.97. The number of hydrogen-bond donors (Lipinski definition) is 2. The number of halogens is 1. The molecule has 1 amide bonds. The van der Waals surface area contributed by atoms with Gasteiger partial charge < -0.3 is 10.6 Å². The predicted octanol–water partition coefficient (Wildman–Crippen LogP) is 2.82. The molecular formula is C17H25FN2O. The topological polar surface area (TPSA) is 41.1 Å². The van der Waals surface area contributed by atoms with Gasteiger partial charge in [-0.2, -0.15) is 0 Å². The molecule has 1 aromatic carbocycles. The Hall–Kier alpha value is -1.42. The van der Waals surface area contributed by atoms with Crippen LogP contribution >= 0.6 is 0 Å². The van der Waals surface area contributed by atoms with Gasteiger partial charge in [-0.1, -0.05) is 26.0 Å². The quantitative estimate of drug-likeness (QED) is 0.846. The minimum Gasteiger partial charge on any atom is -0.358 e. The second-order valence-electron chi connectivity index (χ2n) is 6.38. The van der Waals surface area contributed by atoms with Crippen LogP contribution in [-0.4, -0.2) is 25.0 Å². The van der Waals surface area contributed by atoms with E-state index in [1.54, 1.807) is 19.2 Å². The molecule has 1 atom stereocenters. The summed E-state index contributed by atoms with van der Waals surface area (Å²) >= 11 is 0. The van der Waals surface area contributed by atoms with E-state index >= 15 is 0 Å². The normalized spacial score (nSPS) is 22.7. The van der Waals surface area contributed by atoms with E-state index in [0.29, 0.717) is 17.9 Å². The maximum atomic E-state index is 13.2. The number of carbonyl (C=O) groups is 1. The standard InChI is InChI=1S/C17H25FN2O/c1-11(2)7-16(17(21)19-3)20-15-9-13(10-15)12-5-4-6-14(18)8-12/h4-6,8,11,13,15-16,20H,7,9-10H2,1-3H3,(H,19,21). The van der Waals surface area contributed by atoms with Gasteiger partial charge in [-0.3, -0.25) is 4.79 Å². The zero-order valence-electron chi connectivity index (χ0n) is 13.0. The molecule has 2 rings (SSSR count). The monoisotopic (exact) mass is 292 g/mol. The van der Waals surface area contributed by atoms with Crippen molar-refractivity contribution < 1.29 is 9.18 Å². The molecule has 1 fully saturated rings. The van der Waals surface area contributed by atoms with Crippen LogP contribution < -0.4 is 10.6 Å². The van der Waals surface area contributed by atoms with Crippen LogP contribution in [-0.2, 0) is 4.79 Å². The first-order chi connectivity index (χ1) is 9.99. The summed E-state index contributed by atoms with van der Waals surface area (Å²) in [6.45, 7) is 4.24. The molecule has 2 N–H and O–H groups in total. The molecule has 0 aromatic heterocycles. The smallest absolute Gasteiger partial charge is 0.236 e. The van der Waals surface area contributed by atoms with E-state index in [9.17, 15) is 9.18 Å². The lowest BCUT2D eigenvalue weighted by Gasteiger charge is -2.38. The third-order valence-corrected chi connectivity index (χ3v) is 4.17. The minimum atomic E-state index is -0.174. The van der Waals surface area contributed by atoms with Gasteiger partial charge in [0.05, 0.1) is 6.04 Å². The Bertz CT molecular complexity index is 483. The lowest BCUT2D eigenvalue weighted by atomic mass is 9.75. The van der Waals surface area contributed by atoms with E-state index in [1.807, 2.05) is 6.07 Å². The SMILES string of the molecule is CNC(=O)C(CC(C)C)NC1CC(c2cccc(F)c2)C1. The van der Waals surface area contributed by atoms with Crippen molar-refractivity contribution in [3.63, 3.8) is 0 Å². The van der Waals surface area contributed by atoms with Crippen LogP contribution in [0.25, 0.3) is 0 Å². The first-order valence-electron chi connectivity index (χ1n) is 7.72. The van der Waals surface area contributed by atoms with E-state index in [1.165, 1.54) is 6.07 Å². The fourth-order valence-electron chi connectivity index (χ4n) is 2.97. The maximum absolute atomic E-state index is 13.2. The highest BCUT2D eigenvalue weighted by atomic mass is 19.1. The molecule has 0 radical (unpaired) electrons. The van der Waals surface area contributed by atoms with Gasteiger partial charge in [0.2, 0.25) is 5.91 Å². The van der Waals surface area contributed by atoms with Crippen molar-refractivity contribution in [3.8, 4) is 0 Å². The van der Waals surface area contributed by atoms with Crippen LogP contribution in [0.1, 0.15) is 44.6 Å². The number of likely N-dealkylation sites (N-methyl/N-ethyl adjacent to an activating group) is 1. The van der Waals surface area contributed by atoms with Crippen LogP contribution in [0.2, 0.25) is 0 Å². The summed E-state index contributed by atoms with van der Waals surface area (Å²) in [6.07, 6.45) is 2.77. The van der Waals surface area contributed by atoms with E-state index < -0.39 is 0 Å². The van der Waals surface area contributed by atoms with Crippen LogP contribution in [0.5, 0.6) is 0 Å². The van der Waals surface area contributed by atoms with Crippen molar-refractivity contribution in [1.29, 1.82) is 0 Å². The van der Waals surface area contributed by atoms with Crippen LogP contribution in [0.4, 0.5) is 4.39 Å². The zero-order chi connectivity index (χ0) is 15.4. The minimum absolute atomic E-state index is 0.0536. The van der Waals surface area contributed by atoms with Gasteiger partial charge >= 0.3 is 0 Å². The van der Waals surface area contributed by atoms with Crippen LogP contribution in [0.15, 0.2) is 24.3 Å². The largest absolute Gasteiger partial charge is 0.358 e. The second kappa shape index (κ2) is 7.03. The van der Waals surface area contributed by atoms with Crippen LogP contribution in [0, 0.1) is 11.7 Å². The van der Waals surface area contributed by atoms with Crippen LogP contribution in [0.3, 0.4) is 0 Å². The molecule has 1 saturated carbocycles. The lowest BCUT2D eigenvalue weighted by Crippen LogP contribution is -2.51. The first kappa shape index (κ1) is 16.0. The molecule has 1 aliphatic carbocycles. The number of rotatable bonds is 6. The van der Waals surface area contributed by atoms with E-state index in [2.05, 4.69) is 24.5 Å². The Labute approximate surface area is 126 Å². The van der Waals surface area contributed by atoms with Gasteiger partial charge in [-0.15, -0.1) is 0 Å². The first-order valence-corrected chi connectivity index (χ1v) is 7.72. The summed E-state index contributed by atoms with van der Waals surface area (Å²) in [4.78, 5) is 11.9. The average Bonchev–Trinajstić information content (AvgIpc) is 2.39. The van der Waals surface area contributed by atoms with Gasteiger partial charge in [0.25, 0.3) is 0 Å². The van der Waals surface area contributed by atoms with Gasteiger partial charge in [0.15, 0.2) is 0 Å². The van der Waals surface area contributed by atoms with Gasteiger partial charge in [0.1, 0.15) is 5.82 Å². The van der Waals surface area contributed by atoms with Gasteiger partial charge in [-0.05, 0) is 48.8 Å². The molecule has 3 nitrogen and oxygen atoms in total. The summed E-state index contributed by atoms with van der Waals surface area (Å²) in [5.41, 5.74) is 1.06. The molecule has 4 heteroatoms. The molecule has 116 valence electrons. The molecule has 0 spiro atoms. The second-order valence-corrected chi connectivity index (χ2v) is 6.38. The van der Waals surface area contributed by atoms with Crippen molar-refractivity contribution in [2.24, 2.45) is 5.92 Å². The van der Waals surface area contributed by atoms with Crippen molar-refractivity contribution in [2.45, 2.75) is 51.1 Å². The van der Waals surface area contributed by atoms with Gasteiger partial charge in [0, 0.05) is 13.1 Å². The van der Waals surface area contributed by atoms with E-state index in [-0.39, 0.29) is 17.8 Å². The predicted molar refractivity (Wildman–Crippen MR) is 82.6 cm³/mol. The summed E-state index contributed by atoms with van der Waals surface area (Å²) in [7, 11) is 1.67. The summed E-state index contributed by atoms with van der Waals surface area (Å²) in [5, 5.41) is 6.17. The van der Waals surface area contributed by atoms with Crippen molar-refractivity contribution in [3.05, 3.63) is 35.6 Å². The van der Waals surface area contributed by atoms with Gasteiger partial charge in [-0.25, -0.2) is 4.39 Å². The molecule has 1 aromatic rings. The molecule has 21 heavy (non-hydrogen) atoms. The number of amides is 1. The molecule has 0 saturated heterocycles. The zero-order valence-corrected chi connectivity index (χ0v) is 13.0. The Balaban J connectivity index is 1.87. The maximum Gasteiger partial charge on any atom is 0.236 e. The third-order valence-electron chi connectivity index (χ3n) is 4.17. The molecule has 1 unspecified atom stereocenters. The number of nitrogens with one attached hydrogen (secondary N) is 2. The van der Waals surface area contributed by atoms with Crippen molar-refractivity contribution in [1.82, 2.24) is 10.6 Å². The Morgan fingerprint density at radius 3 is 2.67 bits per heavy atom. The highest BCUT2D eigenvalue weighted by Gasteiger charge is 2.33. The molecule has 1 aliphatic rings. The average molecular weight is 292 g/mol. The lowest BCUT2D eigenvalue weighted by molar-refractivity contribution is -0.123. The summed E-state index contributed by atoms with van der Waals surface area (Å²) in [6, 6.07) is 7.05. The molecule has 0 heterocycles. The Morgan fingerprint density at radius 2 is 2.10 bits per heavy atom. The van der Waals surface area contributed by atoms with E-state index in [4.69, 9.17) is 0 Å². The molecule has 0 bridgehead atoms. The number of benzene rings is 1. The number of hydrogen-bond acceptors (Lipinski definition) is 2. The Kier molecular flexibility index (Phi) is 5.34. The highest BCUT2D eigenvalue weighted by Crippen LogP contribution is 2.37. The number of carbonyl (C=O) groups excluding carboxylic acids is 1. The van der Waals surface area contributed by atoms with Crippen molar-refractivity contribution in [2.75, 3.05) is 7.05 Å².